The van der Waals surface area contributed by atoms with Crippen molar-refractivity contribution in [3.05, 3.63) is 55.7 Å². The maximum Gasteiger partial charge on any atom is 0.477 e. The first-order valence-corrected chi connectivity index (χ1v) is 7.74. The first-order chi connectivity index (χ1) is 9.06. The molecule has 0 aliphatic heterocycles. The van der Waals surface area contributed by atoms with E-state index in [1.807, 2.05) is 24.3 Å². The van der Waals surface area contributed by atoms with E-state index in [1.54, 1.807) is 24.3 Å². The fraction of sp³-hybridized carbons (Fsp3) is 0. The van der Waals surface area contributed by atoms with Gasteiger partial charge in [0.15, 0.2) is 0 Å². The Bertz CT molecular complexity index is 484. The van der Waals surface area contributed by atoms with E-state index in [0.29, 0.717) is 10.9 Å². The Kier molecular flexibility index (Phi) is 5.70. The van der Waals surface area contributed by atoms with Gasteiger partial charge in [-0.05, 0) is 80.4 Å². The molecule has 2 aromatic rings. The highest BCUT2D eigenvalue weighted by molar-refractivity contribution is 14.1. The van der Waals surface area contributed by atoms with E-state index in [4.69, 9.17) is 4.57 Å². The normalized spacial score (nSPS) is 10.3. The highest BCUT2D eigenvalue weighted by Crippen LogP contribution is 2.03. The number of hydrogen-bond acceptors (Lipinski definition) is 3. The van der Waals surface area contributed by atoms with Crippen molar-refractivity contribution in [1.29, 1.82) is 0 Å². The average Bonchev–Trinajstić information content (AvgIpc) is 2.40. The Labute approximate surface area is 139 Å². The zero-order valence-corrected chi connectivity index (χ0v) is 14.1. The van der Waals surface area contributed by atoms with Crippen molar-refractivity contribution < 1.29 is 14.6 Å². The third-order valence-corrected chi connectivity index (χ3v) is 4.01. The van der Waals surface area contributed by atoms with E-state index in [1.165, 1.54) is 0 Å². The molecule has 7 heteroatoms. The van der Waals surface area contributed by atoms with E-state index in [2.05, 4.69) is 45.2 Å². The second-order valence-electron chi connectivity index (χ2n) is 3.94. The lowest BCUT2D eigenvalue weighted by molar-refractivity contribution is 0.379. The summed E-state index contributed by atoms with van der Waals surface area (Å²) >= 11 is 4.37. The predicted octanol–water partition coefficient (Wildman–Crippen LogP) is 0.988. The topological polar surface area (TPSA) is 49.7 Å². The minimum atomic E-state index is -1.15. The van der Waals surface area contributed by atoms with Crippen LogP contribution in [-0.2, 0) is 4.57 Å². The molecule has 0 atom stereocenters. The Morgan fingerprint density at radius 3 is 1.32 bits per heavy atom. The lowest BCUT2D eigenvalue weighted by Gasteiger charge is -2.12. The largest absolute Gasteiger partial charge is 0.477 e. The van der Waals surface area contributed by atoms with Crippen LogP contribution in [0, 0.1) is 7.14 Å². The molecule has 96 valence electrons. The predicted molar refractivity (Wildman–Crippen MR) is 94.6 cm³/mol. The van der Waals surface area contributed by atoms with Crippen LogP contribution in [0.1, 0.15) is 0 Å². The molecular formula is C12H10B2I2O3. The van der Waals surface area contributed by atoms with Gasteiger partial charge in [0.1, 0.15) is 0 Å². The summed E-state index contributed by atoms with van der Waals surface area (Å²) in [4.78, 5) is 0. The Morgan fingerprint density at radius 1 is 0.684 bits per heavy atom. The van der Waals surface area contributed by atoms with Gasteiger partial charge in [-0.3, -0.25) is 0 Å². The van der Waals surface area contributed by atoms with Crippen LogP contribution < -0.4 is 10.9 Å². The molecule has 0 aliphatic carbocycles. The number of rotatable bonds is 4. The summed E-state index contributed by atoms with van der Waals surface area (Å²) < 4.78 is 7.36. The second kappa shape index (κ2) is 7.07. The average molecular weight is 478 g/mol. The fourth-order valence-corrected chi connectivity index (χ4v) is 2.25. The van der Waals surface area contributed by atoms with Gasteiger partial charge in [-0.25, -0.2) is 0 Å². The van der Waals surface area contributed by atoms with Crippen LogP contribution >= 0.6 is 45.2 Å². The molecule has 0 amide bonds. The van der Waals surface area contributed by atoms with Gasteiger partial charge in [0.05, 0.1) is 0 Å². The summed E-state index contributed by atoms with van der Waals surface area (Å²) in [6.45, 7) is 0. The van der Waals surface area contributed by atoms with Gasteiger partial charge in [0.2, 0.25) is 0 Å². The number of benzene rings is 2. The Balaban J connectivity index is 2.03. The molecule has 2 N–H and O–H groups in total. The molecule has 0 unspecified atom stereocenters. The molecule has 2 rings (SSSR count). The van der Waals surface area contributed by atoms with Crippen molar-refractivity contribution >= 4 is 70.3 Å². The molecular weight excluding hydrogens is 468 g/mol. The first-order valence-electron chi connectivity index (χ1n) is 5.59. The minimum Gasteiger partial charge on any atom is -0.443 e. The Hall–Kier alpha value is -0.0901. The fourth-order valence-electron chi connectivity index (χ4n) is 1.53. The summed E-state index contributed by atoms with van der Waals surface area (Å²) in [7, 11) is -2.29. The molecule has 0 saturated carbocycles. The van der Waals surface area contributed by atoms with Gasteiger partial charge in [0, 0.05) is 7.14 Å². The highest BCUT2D eigenvalue weighted by atomic mass is 127. The molecule has 0 saturated heterocycles. The maximum atomic E-state index is 9.91. The Morgan fingerprint density at radius 2 is 1.00 bits per heavy atom. The summed E-state index contributed by atoms with van der Waals surface area (Å²) in [6.07, 6.45) is 0. The van der Waals surface area contributed by atoms with Crippen molar-refractivity contribution in [2.24, 2.45) is 0 Å². The van der Waals surface area contributed by atoms with Crippen LogP contribution in [0.15, 0.2) is 48.5 Å². The number of halogens is 2. The van der Waals surface area contributed by atoms with Crippen molar-refractivity contribution in [3.8, 4) is 0 Å². The zero-order chi connectivity index (χ0) is 13.8. The summed E-state index contributed by atoms with van der Waals surface area (Å²) in [5, 5.41) is 19.8. The SMILES string of the molecule is OB(OB(O)c1ccc(I)cc1)c1ccc(I)cc1. The third-order valence-electron chi connectivity index (χ3n) is 2.57. The molecule has 0 bridgehead atoms. The molecule has 3 nitrogen and oxygen atoms in total. The standard InChI is InChI=1S/C12H10B2I2O3/c15-11-5-1-9(2-6-11)13(17)19-14(18)10-3-7-12(16)8-4-10/h1-8,17-18H. The third kappa shape index (κ3) is 4.45. The summed E-state index contributed by atoms with van der Waals surface area (Å²) in [6, 6.07) is 14.6. The smallest absolute Gasteiger partial charge is 0.443 e. The molecule has 0 spiro atoms. The van der Waals surface area contributed by atoms with E-state index in [-0.39, 0.29) is 0 Å². The quantitative estimate of drug-likeness (QED) is 0.510. The van der Waals surface area contributed by atoms with E-state index >= 15 is 0 Å². The van der Waals surface area contributed by atoms with Gasteiger partial charge in [-0.1, -0.05) is 24.3 Å². The lowest BCUT2D eigenvalue weighted by atomic mass is 9.71. The van der Waals surface area contributed by atoms with E-state index in [0.717, 1.165) is 7.14 Å². The maximum absolute atomic E-state index is 9.91. The lowest BCUT2D eigenvalue weighted by Crippen LogP contribution is -2.45. The molecule has 0 heterocycles. The summed E-state index contributed by atoms with van der Waals surface area (Å²) in [5.41, 5.74) is 1.23. The zero-order valence-electron chi connectivity index (χ0n) is 9.83. The van der Waals surface area contributed by atoms with Gasteiger partial charge in [-0.15, -0.1) is 0 Å². The highest BCUT2D eigenvalue weighted by Gasteiger charge is 2.25. The van der Waals surface area contributed by atoms with Crippen molar-refractivity contribution in [3.63, 3.8) is 0 Å². The van der Waals surface area contributed by atoms with Gasteiger partial charge < -0.3 is 14.6 Å². The molecule has 0 radical (unpaired) electrons. The molecule has 0 aromatic heterocycles. The molecule has 19 heavy (non-hydrogen) atoms. The van der Waals surface area contributed by atoms with Gasteiger partial charge in [-0.2, -0.15) is 0 Å². The molecule has 2 aromatic carbocycles. The van der Waals surface area contributed by atoms with Crippen LogP contribution in [0.25, 0.3) is 0 Å². The van der Waals surface area contributed by atoms with Crippen molar-refractivity contribution in [2.45, 2.75) is 0 Å². The molecule has 0 aliphatic rings. The molecule has 0 fully saturated rings. The van der Waals surface area contributed by atoms with Crippen LogP contribution in [0.2, 0.25) is 0 Å². The van der Waals surface area contributed by atoms with Crippen LogP contribution in [0.4, 0.5) is 0 Å². The van der Waals surface area contributed by atoms with Crippen LogP contribution in [0.3, 0.4) is 0 Å². The monoisotopic (exact) mass is 478 g/mol. The van der Waals surface area contributed by atoms with Crippen molar-refractivity contribution in [1.82, 2.24) is 0 Å². The second-order valence-corrected chi connectivity index (χ2v) is 6.44. The first kappa shape index (κ1) is 15.3. The van der Waals surface area contributed by atoms with E-state index < -0.39 is 14.2 Å². The minimum absolute atomic E-state index is 0.616. The summed E-state index contributed by atoms with van der Waals surface area (Å²) in [5.74, 6) is 0. The van der Waals surface area contributed by atoms with Gasteiger partial charge >= 0.3 is 14.2 Å². The number of hydrogen-bond donors (Lipinski definition) is 2. The van der Waals surface area contributed by atoms with Crippen LogP contribution in [0.5, 0.6) is 0 Å². The van der Waals surface area contributed by atoms with Crippen molar-refractivity contribution in [2.75, 3.05) is 0 Å². The van der Waals surface area contributed by atoms with E-state index in [9.17, 15) is 10.0 Å². The van der Waals surface area contributed by atoms with Gasteiger partial charge in [0.25, 0.3) is 0 Å². The van der Waals surface area contributed by atoms with Crippen LogP contribution in [-0.4, -0.2) is 24.3 Å².